The van der Waals surface area contributed by atoms with E-state index < -0.39 is 23.4 Å². The summed E-state index contributed by atoms with van der Waals surface area (Å²) in [5.74, 6) is -1.49. The van der Waals surface area contributed by atoms with Gasteiger partial charge in [-0.2, -0.15) is 13.2 Å². The molecule has 0 aromatic heterocycles. The van der Waals surface area contributed by atoms with Crippen molar-refractivity contribution < 1.29 is 26.7 Å². The number of amides is 1. The Hall–Kier alpha value is -3.77. The monoisotopic (exact) mass is 686 g/mol. The summed E-state index contributed by atoms with van der Waals surface area (Å²) in [5, 5.41) is 0. The molecule has 0 N–H and O–H groups in total. The highest BCUT2D eigenvalue weighted by Gasteiger charge is 2.43. The van der Waals surface area contributed by atoms with Gasteiger partial charge in [0.25, 0.3) is 0 Å². The van der Waals surface area contributed by atoms with Crippen LogP contribution in [-0.4, -0.2) is 101 Å². The first kappa shape index (κ1) is 36.5. The maximum atomic E-state index is 15.4. The minimum absolute atomic E-state index is 0.202. The van der Waals surface area contributed by atoms with Gasteiger partial charge in [0.1, 0.15) is 23.3 Å². The van der Waals surface area contributed by atoms with Crippen molar-refractivity contribution in [1.29, 1.82) is 0 Å². The van der Waals surface area contributed by atoms with Crippen LogP contribution in [0, 0.1) is 18.6 Å². The molecule has 0 spiro atoms. The lowest BCUT2D eigenvalue weighted by Crippen LogP contribution is -2.60. The molecule has 1 amide bonds. The topological polar surface area (TPSA) is 45.6 Å². The van der Waals surface area contributed by atoms with Crippen LogP contribution in [0.15, 0.2) is 54.3 Å². The molecule has 0 bridgehead atoms. The van der Waals surface area contributed by atoms with E-state index in [2.05, 4.69) is 36.8 Å². The molecule has 12 heteroatoms. The molecule has 0 radical (unpaired) electrons. The second-order valence-electron chi connectivity index (χ2n) is 13.7. The Morgan fingerprint density at radius 3 is 2.29 bits per heavy atom. The maximum Gasteiger partial charge on any atom is 0.417 e. The summed E-state index contributed by atoms with van der Waals surface area (Å²) in [7, 11) is 0. The van der Waals surface area contributed by atoms with Crippen molar-refractivity contribution in [3.8, 4) is 11.1 Å². The molecular weight excluding hydrogens is 639 g/mol. The fraction of sp³-hybridized carbons (Fsp3) is 0.514. The number of anilines is 1. The van der Waals surface area contributed by atoms with E-state index in [4.69, 9.17) is 4.99 Å². The molecule has 0 aliphatic carbocycles. The van der Waals surface area contributed by atoms with E-state index in [1.807, 2.05) is 30.6 Å². The number of nitrogens with zero attached hydrogens (tertiary/aromatic N) is 6. The van der Waals surface area contributed by atoms with Crippen molar-refractivity contribution in [3.63, 3.8) is 0 Å². The van der Waals surface area contributed by atoms with Crippen LogP contribution in [-0.2, 0) is 11.0 Å². The third kappa shape index (κ3) is 7.12. The summed E-state index contributed by atoms with van der Waals surface area (Å²) in [6.07, 6.45) is -2.96. The number of carbonyl (C=O) groups excluding carboxylic acids is 1. The van der Waals surface area contributed by atoms with E-state index in [9.17, 15) is 9.18 Å². The van der Waals surface area contributed by atoms with Gasteiger partial charge in [-0.15, -0.1) is 0 Å². The molecule has 2 aromatic rings. The first-order chi connectivity index (χ1) is 23.1. The number of halogens is 5. The van der Waals surface area contributed by atoms with Crippen LogP contribution < -0.4 is 4.90 Å². The number of piperazine rings is 2. The quantitative estimate of drug-likeness (QED) is 0.234. The van der Waals surface area contributed by atoms with Gasteiger partial charge < -0.3 is 14.7 Å². The number of fused-ring (bicyclic) bond motifs is 1. The van der Waals surface area contributed by atoms with Gasteiger partial charge in [0, 0.05) is 92.7 Å². The molecule has 7 nitrogen and oxygen atoms in total. The van der Waals surface area contributed by atoms with E-state index in [1.54, 1.807) is 11.8 Å². The minimum Gasteiger partial charge on any atom is -0.349 e. The van der Waals surface area contributed by atoms with E-state index in [-0.39, 0.29) is 46.3 Å². The van der Waals surface area contributed by atoms with Crippen LogP contribution in [0.25, 0.3) is 11.1 Å². The van der Waals surface area contributed by atoms with Gasteiger partial charge in [-0.1, -0.05) is 20.1 Å². The predicted octanol–water partition coefficient (Wildman–Crippen LogP) is 6.91. The third-order valence-electron chi connectivity index (χ3n) is 10.2. The Balaban J connectivity index is 1.68. The van der Waals surface area contributed by atoms with Crippen LogP contribution >= 0.6 is 0 Å². The third-order valence-corrected chi connectivity index (χ3v) is 10.2. The number of amidine groups is 1. The van der Waals surface area contributed by atoms with Crippen molar-refractivity contribution in [2.45, 2.75) is 78.3 Å². The van der Waals surface area contributed by atoms with Gasteiger partial charge in [0.05, 0.1) is 11.3 Å². The highest BCUT2D eigenvalue weighted by molar-refractivity contribution is 6.09. The van der Waals surface area contributed by atoms with Gasteiger partial charge in [-0.3, -0.25) is 14.6 Å². The Morgan fingerprint density at radius 1 is 1.04 bits per heavy atom. The van der Waals surface area contributed by atoms with Crippen LogP contribution in [0.4, 0.5) is 27.6 Å². The summed E-state index contributed by atoms with van der Waals surface area (Å²) < 4.78 is 74.5. The van der Waals surface area contributed by atoms with Gasteiger partial charge >= 0.3 is 6.18 Å². The average Bonchev–Trinajstić information content (AvgIpc) is 3.04. The molecule has 266 valence electrons. The molecule has 2 saturated heterocycles. The first-order valence-corrected chi connectivity index (χ1v) is 17.0. The fourth-order valence-corrected chi connectivity index (χ4v) is 7.53. The highest BCUT2D eigenvalue weighted by atomic mass is 19.4. The molecule has 2 aromatic carbocycles. The Labute approximate surface area is 286 Å². The van der Waals surface area contributed by atoms with Gasteiger partial charge in [-0.05, 0) is 70.9 Å². The Bertz CT molecular complexity index is 1630. The number of aliphatic imine (C=N–C) groups is 1. The second-order valence-corrected chi connectivity index (χ2v) is 13.7. The van der Waals surface area contributed by atoms with Crippen LogP contribution in [0.5, 0.6) is 0 Å². The lowest BCUT2D eigenvalue weighted by Gasteiger charge is -2.48. The summed E-state index contributed by atoms with van der Waals surface area (Å²) >= 11 is 0. The summed E-state index contributed by atoms with van der Waals surface area (Å²) in [4.78, 5) is 27.8. The maximum absolute atomic E-state index is 15.4. The number of hydrogen-bond donors (Lipinski definition) is 0. The van der Waals surface area contributed by atoms with E-state index in [0.29, 0.717) is 55.5 Å². The van der Waals surface area contributed by atoms with E-state index in [0.717, 1.165) is 44.4 Å². The number of alkyl halides is 3. The smallest absolute Gasteiger partial charge is 0.349 e. The van der Waals surface area contributed by atoms with Crippen molar-refractivity contribution in [2.75, 3.05) is 50.7 Å². The Morgan fingerprint density at radius 2 is 1.71 bits per heavy atom. The normalized spacial score (nSPS) is 21.6. The number of benzene rings is 2. The summed E-state index contributed by atoms with van der Waals surface area (Å²) in [6, 6.07) is 3.36. The number of rotatable bonds is 7. The highest BCUT2D eigenvalue weighted by Crippen LogP contribution is 2.48. The standard InChI is InChI=1S/C37H47F5N6O/c1-9-28(21-44-13-15-45(16-14-44)22(3)4)48-26(8)43-36(47-20-23(5)46(19-24(47)6)33(49)10-2)30-18-31(37(40,41)42)34(25(7)35(30)48)29-12-11-27(38)17-32(29)39/h10-12,17-18,22-24,28H,2,8-9,13-16,19-21H2,1,3-7H3/t23-,24+,28-/m1/s1. The first-order valence-electron chi connectivity index (χ1n) is 17.0. The molecule has 3 aliphatic rings. The van der Waals surface area contributed by atoms with Crippen LogP contribution in [0.2, 0.25) is 0 Å². The van der Waals surface area contributed by atoms with Crippen molar-refractivity contribution in [2.24, 2.45) is 4.99 Å². The molecule has 3 atom stereocenters. The van der Waals surface area contributed by atoms with Gasteiger partial charge in [-0.25, -0.2) is 13.8 Å². The van der Waals surface area contributed by atoms with Crippen LogP contribution in [0.3, 0.4) is 0 Å². The van der Waals surface area contributed by atoms with Gasteiger partial charge in [0.2, 0.25) is 5.91 Å². The largest absolute Gasteiger partial charge is 0.417 e. The molecule has 49 heavy (non-hydrogen) atoms. The molecular formula is C37H47F5N6O. The van der Waals surface area contributed by atoms with Crippen molar-refractivity contribution in [3.05, 3.63) is 77.6 Å². The van der Waals surface area contributed by atoms with E-state index in [1.165, 1.54) is 6.08 Å². The zero-order chi connectivity index (χ0) is 35.9. The SMILES string of the molecule is C=CC(=O)N1C[C@H](C)N(C2=NC(=C)N([C@H](CC)CN3CCN(C(C)C)CC3)c3c2cc(C(F)(F)F)c(-c2ccc(F)cc2F)c3C)C[C@H]1C. The van der Waals surface area contributed by atoms with Crippen molar-refractivity contribution >= 4 is 17.4 Å². The molecule has 3 aliphatic heterocycles. The molecule has 0 saturated carbocycles. The Kier molecular flexibility index (Phi) is 10.6. The lowest BCUT2D eigenvalue weighted by atomic mass is 9.87. The fourth-order valence-electron chi connectivity index (χ4n) is 7.53. The summed E-state index contributed by atoms with van der Waals surface area (Å²) in [6.45, 7) is 24.4. The van der Waals surface area contributed by atoms with E-state index >= 15 is 17.6 Å². The molecule has 0 unspecified atom stereocenters. The van der Waals surface area contributed by atoms with Crippen molar-refractivity contribution in [1.82, 2.24) is 19.6 Å². The zero-order valence-corrected chi connectivity index (χ0v) is 29.2. The zero-order valence-electron chi connectivity index (χ0n) is 29.2. The molecule has 5 rings (SSSR count). The van der Waals surface area contributed by atoms with Gasteiger partial charge in [0.15, 0.2) is 0 Å². The predicted molar refractivity (Wildman–Crippen MR) is 184 cm³/mol. The molecule has 3 heterocycles. The number of hydrogen-bond acceptors (Lipinski definition) is 6. The average molecular weight is 687 g/mol. The minimum atomic E-state index is -4.87. The summed E-state index contributed by atoms with van der Waals surface area (Å²) in [5.41, 5.74) is -0.777. The number of carbonyl (C=O) groups is 1. The molecule has 2 fully saturated rings. The lowest BCUT2D eigenvalue weighted by molar-refractivity contribution is -0.137. The van der Waals surface area contributed by atoms with Crippen LogP contribution in [0.1, 0.15) is 57.7 Å². The second kappa shape index (κ2) is 14.2.